The summed E-state index contributed by atoms with van der Waals surface area (Å²) in [4.78, 5) is 0. The van der Waals surface area contributed by atoms with Crippen molar-refractivity contribution in [3.05, 3.63) is 11.6 Å². The van der Waals surface area contributed by atoms with E-state index in [1.807, 2.05) is 6.08 Å². The molecule has 1 aliphatic rings. The summed E-state index contributed by atoms with van der Waals surface area (Å²) in [5, 5.41) is 16.1. The van der Waals surface area contributed by atoms with Gasteiger partial charge in [0, 0.05) is 10.8 Å². The Labute approximate surface area is 76.1 Å². The van der Waals surface area contributed by atoms with Gasteiger partial charge in [-0.05, 0) is 19.3 Å². The van der Waals surface area contributed by atoms with Crippen LogP contribution in [0.2, 0.25) is 0 Å². The van der Waals surface area contributed by atoms with Crippen LogP contribution in [0, 0.1) is 16.7 Å². The molecule has 12 heavy (non-hydrogen) atoms. The maximum atomic E-state index is 8.63. The highest BCUT2D eigenvalue weighted by Crippen LogP contribution is 2.26. The van der Waals surface area contributed by atoms with Crippen molar-refractivity contribution in [2.75, 3.05) is 0 Å². The molecule has 0 spiro atoms. The summed E-state index contributed by atoms with van der Waals surface area (Å²) in [5.74, 6) is 0. The number of nitrogens with two attached hydrogens (primary N) is 1. The number of rotatable bonds is 1. The second-order valence-electron chi connectivity index (χ2n) is 2.72. The minimum absolute atomic E-state index is 0.135. The lowest BCUT2D eigenvalue weighted by atomic mass is 10.0. The molecule has 0 saturated carbocycles. The normalized spacial score (nSPS) is 22.6. The molecule has 0 aromatic carbocycles. The third-order valence-corrected chi connectivity index (χ3v) is 2.67. The Morgan fingerprint density at radius 2 is 2.58 bits per heavy atom. The Bertz CT molecular complexity index is 252. The molecular weight excluding hydrogens is 170 g/mol. The molecule has 1 aliphatic carbocycles. The molecule has 0 aliphatic heterocycles. The molecule has 0 amide bonds. The number of nitriles is 1. The summed E-state index contributed by atoms with van der Waals surface area (Å²) in [7, 11) is 0. The Morgan fingerprint density at radius 3 is 3.17 bits per heavy atom. The van der Waals surface area contributed by atoms with E-state index in [4.69, 9.17) is 16.4 Å². The smallest absolute Gasteiger partial charge is 0.151 e. The first-order valence-corrected chi connectivity index (χ1v) is 4.72. The number of allylic oxidation sites excluding steroid dienone is 1. The van der Waals surface area contributed by atoms with Crippen LogP contribution in [-0.4, -0.2) is 10.4 Å². The molecule has 0 bridgehead atoms. The van der Waals surface area contributed by atoms with Gasteiger partial charge in [0.1, 0.15) is 0 Å². The van der Waals surface area contributed by atoms with E-state index in [1.54, 1.807) is 0 Å². The maximum Gasteiger partial charge on any atom is 0.151 e. The van der Waals surface area contributed by atoms with Gasteiger partial charge in [-0.3, -0.25) is 5.41 Å². The zero-order chi connectivity index (χ0) is 8.97. The summed E-state index contributed by atoms with van der Waals surface area (Å²) in [6, 6.07) is 2.14. The zero-order valence-electron chi connectivity index (χ0n) is 6.71. The van der Waals surface area contributed by atoms with Crippen LogP contribution in [0.5, 0.6) is 0 Å². The van der Waals surface area contributed by atoms with E-state index in [9.17, 15) is 0 Å². The highest BCUT2D eigenvalue weighted by molar-refractivity contribution is 8.14. The van der Waals surface area contributed by atoms with Gasteiger partial charge >= 0.3 is 0 Å². The molecular formula is C8H11N3S. The average molecular weight is 181 g/mol. The molecule has 3 nitrogen and oxygen atoms in total. The van der Waals surface area contributed by atoms with Crippen molar-refractivity contribution in [2.45, 2.75) is 24.5 Å². The predicted molar refractivity (Wildman–Crippen MR) is 50.8 cm³/mol. The maximum absolute atomic E-state index is 8.63. The molecule has 4 heteroatoms. The van der Waals surface area contributed by atoms with Crippen LogP contribution in [0.25, 0.3) is 0 Å². The van der Waals surface area contributed by atoms with Crippen LogP contribution in [0.4, 0.5) is 0 Å². The van der Waals surface area contributed by atoms with Gasteiger partial charge in [-0.15, -0.1) is 0 Å². The first kappa shape index (κ1) is 9.14. The van der Waals surface area contributed by atoms with E-state index in [1.165, 1.54) is 11.8 Å². The summed E-state index contributed by atoms with van der Waals surface area (Å²) in [6.07, 6.45) is 4.86. The summed E-state index contributed by atoms with van der Waals surface area (Å²) in [5.41, 5.74) is 6.08. The van der Waals surface area contributed by atoms with Gasteiger partial charge in [0.25, 0.3) is 0 Å². The first-order chi connectivity index (χ1) is 5.72. The van der Waals surface area contributed by atoms with Crippen molar-refractivity contribution in [3.8, 4) is 6.07 Å². The average Bonchev–Trinajstić information content (AvgIpc) is 2.03. The van der Waals surface area contributed by atoms with E-state index >= 15 is 0 Å². The second-order valence-corrected chi connectivity index (χ2v) is 4.00. The lowest BCUT2D eigenvalue weighted by Gasteiger charge is -2.16. The summed E-state index contributed by atoms with van der Waals surface area (Å²) >= 11 is 1.33. The van der Waals surface area contributed by atoms with Crippen LogP contribution in [0.15, 0.2) is 11.6 Å². The molecule has 1 rings (SSSR count). The van der Waals surface area contributed by atoms with Crippen molar-refractivity contribution in [1.82, 2.24) is 0 Å². The molecule has 0 saturated heterocycles. The first-order valence-electron chi connectivity index (χ1n) is 3.84. The third kappa shape index (κ3) is 2.59. The van der Waals surface area contributed by atoms with Crippen LogP contribution in [-0.2, 0) is 0 Å². The van der Waals surface area contributed by atoms with Crippen molar-refractivity contribution in [2.24, 2.45) is 5.73 Å². The van der Waals surface area contributed by atoms with E-state index < -0.39 is 0 Å². The van der Waals surface area contributed by atoms with Gasteiger partial charge in [0.2, 0.25) is 0 Å². The molecule has 0 heterocycles. The van der Waals surface area contributed by atoms with Crippen LogP contribution >= 0.6 is 11.8 Å². The van der Waals surface area contributed by atoms with Crippen LogP contribution < -0.4 is 5.73 Å². The predicted octanol–water partition coefficient (Wildman–Crippen LogP) is 1.62. The molecule has 0 radical (unpaired) electrons. The van der Waals surface area contributed by atoms with Gasteiger partial charge in [0.05, 0.1) is 6.07 Å². The lowest BCUT2D eigenvalue weighted by molar-refractivity contribution is 0.726. The number of nitrogens with one attached hydrogen (secondary N) is 1. The molecule has 1 atom stereocenters. The third-order valence-electron chi connectivity index (χ3n) is 1.74. The zero-order valence-corrected chi connectivity index (χ0v) is 7.53. The highest BCUT2D eigenvalue weighted by Gasteiger charge is 2.14. The fourth-order valence-electron chi connectivity index (χ4n) is 1.23. The van der Waals surface area contributed by atoms with E-state index in [2.05, 4.69) is 6.07 Å². The molecule has 0 aromatic heterocycles. The molecule has 3 N–H and O–H groups in total. The van der Waals surface area contributed by atoms with Crippen molar-refractivity contribution < 1.29 is 0 Å². The fourth-order valence-corrected chi connectivity index (χ4v) is 2.08. The van der Waals surface area contributed by atoms with Crippen LogP contribution in [0.3, 0.4) is 0 Å². The van der Waals surface area contributed by atoms with Gasteiger partial charge in [-0.25, -0.2) is 0 Å². The number of amidine groups is 1. The van der Waals surface area contributed by atoms with Gasteiger partial charge in [-0.2, -0.15) is 5.26 Å². The minimum atomic E-state index is 0.135. The SMILES string of the molecule is N#CC1=CC(SC(=N)N)CCC1. The van der Waals surface area contributed by atoms with Crippen LogP contribution in [0.1, 0.15) is 19.3 Å². The van der Waals surface area contributed by atoms with E-state index in [0.717, 1.165) is 24.8 Å². The lowest BCUT2D eigenvalue weighted by Crippen LogP contribution is -2.13. The summed E-state index contributed by atoms with van der Waals surface area (Å²) < 4.78 is 0. The number of nitrogens with zero attached hydrogens (tertiary/aromatic N) is 1. The van der Waals surface area contributed by atoms with Gasteiger partial charge in [0.15, 0.2) is 5.17 Å². The van der Waals surface area contributed by atoms with E-state index in [0.29, 0.717) is 0 Å². The van der Waals surface area contributed by atoms with Crippen molar-refractivity contribution in [3.63, 3.8) is 0 Å². The number of hydrogen-bond acceptors (Lipinski definition) is 3. The standard InChI is InChI=1S/C8H11N3S/c9-5-6-2-1-3-7(4-6)12-8(10)11/h4,7H,1-3H2,(H3,10,11). The Morgan fingerprint density at radius 1 is 1.83 bits per heavy atom. The van der Waals surface area contributed by atoms with Crippen molar-refractivity contribution in [1.29, 1.82) is 10.7 Å². The second kappa shape index (κ2) is 4.17. The van der Waals surface area contributed by atoms with E-state index in [-0.39, 0.29) is 10.4 Å². The fraction of sp³-hybridized carbons (Fsp3) is 0.500. The Balaban J connectivity index is 2.56. The summed E-state index contributed by atoms with van der Waals surface area (Å²) in [6.45, 7) is 0. The minimum Gasteiger partial charge on any atom is -0.379 e. The van der Waals surface area contributed by atoms with Crippen molar-refractivity contribution >= 4 is 16.9 Å². The van der Waals surface area contributed by atoms with Gasteiger partial charge in [-0.1, -0.05) is 17.8 Å². The molecule has 64 valence electrons. The largest absolute Gasteiger partial charge is 0.379 e. The number of hydrogen-bond donors (Lipinski definition) is 2. The molecule has 1 unspecified atom stereocenters. The topological polar surface area (TPSA) is 73.7 Å². The number of thioether (sulfide) groups is 1. The Kier molecular flexibility index (Phi) is 3.18. The van der Waals surface area contributed by atoms with Gasteiger partial charge < -0.3 is 5.73 Å². The molecule has 0 fully saturated rings. The highest BCUT2D eigenvalue weighted by atomic mass is 32.2. The Hall–Kier alpha value is -0.950. The molecule has 0 aromatic rings. The monoisotopic (exact) mass is 181 g/mol. The quantitative estimate of drug-likeness (QED) is 0.477.